The number of imidazole rings is 1. The largest absolute Gasteiger partial charge is 0.477 e. The van der Waals surface area contributed by atoms with Crippen LogP contribution in [0.15, 0.2) is 53.6 Å². The topological polar surface area (TPSA) is 168 Å². The molecule has 3 aliphatic heterocycles. The molecule has 2 N–H and O–H groups in total. The first-order valence-corrected chi connectivity index (χ1v) is 13.7. The summed E-state index contributed by atoms with van der Waals surface area (Å²) in [6, 6.07) is 5.09. The number of benzene rings is 1. The van der Waals surface area contributed by atoms with Crippen LogP contribution in [0.3, 0.4) is 0 Å². The first-order chi connectivity index (χ1) is 19.1. The number of carbonyl (C=O) groups is 3. The van der Waals surface area contributed by atoms with Gasteiger partial charge in [-0.05, 0) is 31.0 Å². The van der Waals surface area contributed by atoms with E-state index in [4.69, 9.17) is 4.74 Å². The third-order valence-electron chi connectivity index (χ3n) is 7.71. The summed E-state index contributed by atoms with van der Waals surface area (Å²) >= 11 is 1.36. The van der Waals surface area contributed by atoms with Gasteiger partial charge in [0.1, 0.15) is 12.3 Å². The number of fused-ring (bicyclic) bond motifs is 1. The number of carbonyl (C=O) groups excluding carboxylic acids is 2. The van der Waals surface area contributed by atoms with Gasteiger partial charge in [0.05, 0.1) is 35.4 Å². The number of aliphatic carboxylic acids is 1. The Balaban J connectivity index is 1.31. The van der Waals surface area contributed by atoms with E-state index in [-0.39, 0.29) is 41.1 Å². The molecule has 40 heavy (non-hydrogen) atoms. The zero-order valence-electron chi connectivity index (χ0n) is 21.8. The van der Waals surface area contributed by atoms with E-state index in [1.165, 1.54) is 47.9 Å². The number of ether oxygens (including phenoxy) is 1. The molecule has 4 heterocycles. The maximum absolute atomic E-state index is 13.2. The predicted octanol–water partition coefficient (Wildman–Crippen LogP) is 2.46. The molecule has 0 saturated carbocycles. The molecule has 13 nitrogen and oxygen atoms in total. The van der Waals surface area contributed by atoms with E-state index in [2.05, 4.69) is 4.98 Å². The molecule has 5 rings (SSSR count). The van der Waals surface area contributed by atoms with Crippen LogP contribution >= 0.6 is 11.8 Å². The summed E-state index contributed by atoms with van der Waals surface area (Å²) in [4.78, 5) is 56.0. The number of carboxylic acids is 1. The SMILES string of the molecule is C[C@H]1C(S[C@H]2C[C@@H](Cn3ccnc3)N(C(=O)OCc3ccc([N+](=O)[O-])cc3)C2)=C(C(=O)O)N2C(=O)[C@H]([C@@H](C)O)C12. The van der Waals surface area contributed by atoms with Gasteiger partial charge in [-0.1, -0.05) is 6.92 Å². The first-order valence-electron chi connectivity index (χ1n) is 12.8. The van der Waals surface area contributed by atoms with Crippen LogP contribution in [0.2, 0.25) is 0 Å². The van der Waals surface area contributed by atoms with Gasteiger partial charge in [0.2, 0.25) is 5.91 Å². The van der Waals surface area contributed by atoms with E-state index in [0.717, 1.165) is 0 Å². The highest BCUT2D eigenvalue weighted by Crippen LogP contribution is 2.52. The number of thioether (sulfide) groups is 1. The monoisotopic (exact) mass is 571 g/mol. The maximum atomic E-state index is 13.2. The smallest absolute Gasteiger partial charge is 0.410 e. The fourth-order valence-electron chi connectivity index (χ4n) is 5.79. The second-order valence-electron chi connectivity index (χ2n) is 10.3. The van der Waals surface area contributed by atoms with Crippen molar-refractivity contribution in [2.45, 2.75) is 56.9 Å². The van der Waals surface area contributed by atoms with Crippen LogP contribution in [0.5, 0.6) is 0 Å². The molecule has 3 aliphatic rings. The summed E-state index contributed by atoms with van der Waals surface area (Å²) in [5.74, 6) is -2.50. The number of rotatable bonds is 9. The van der Waals surface area contributed by atoms with Crippen LogP contribution in [0, 0.1) is 22.0 Å². The first kappa shape index (κ1) is 27.6. The maximum Gasteiger partial charge on any atom is 0.410 e. The predicted molar refractivity (Wildman–Crippen MR) is 142 cm³/mol. The number of amides is 2. The van der Waals surface area contributed by atoms with Crippen LogP contribution in [0.4, 0.5) is 10.5 Å². The summed E-state index contributed by atoms with van der Waals surface area (Å²) < 4.78 is 7.41. The van der Waals surface area contributed by atoms with Crippen LogP contribution in [-0.2, 0) is 27.5 Å². The number of aliphatic hydroxyl groups excluding tert-OH is 1. The quantitative estimate of drug-likeness (QED) is 0.259. The highest BCUT2D eigenvalue weighted by Gasteiger charge is 2.60. The molecule has 6 atom stereocenters. The Morgan fingerprint density at radius 3 is 2.62 bits per heavy atom. The molecule has 2 aromatic rings. The Labute approximate surface area is 233 Å². The number of carboxylic acid groups (broad SMARTS) is 1. The number of nitrogens with zero attached hydrogens (tertiary/aromatic N) is 5. The highest BCUT2D eigenvalue weighted by atomic mass is 32.2. The Morgan fingerprint density at radius 1 is 1.30 bits per heavy atom. The summed E-state index contributed by atoms with van der Waals surface area (Å²) in [5.41, 5.74) is 0.500. The number of hydrogen-bond donors (Lipinski definition) is 2. The van der Waals surface area contributed by atoms with Crippen molar-refractivity contribution in [1.29, 1.82) is 0 Å². The van der Waals surface area contributed by atoms with Gasteiger partial charge in [0.15, 0.2) is 0 Å². The summed E-state index contributed by atoms with van der Waals surface area (Å²) in [6.07, 6.45) is 4.20. The lowest BCUT2D eigenvalue weighted by Gasteiger charge is -2.46. The van der Waals surface area contributed by atoms with E-state index in [1.54, 1.807) is 23.6 Å². The van der Waals surface area contributed by atoms with E-state index in [1.807, 2.05) is 11.5 Å². The van der Waals surface area contributed by atoms with Crippen molar-refractivity contribution in [3.8, 4) is 0 Å². The lowest BCUT2D eigenvalue weighted by Crippen LogP contribution is -2.63. The number of likely N-dealkylation sites (tertiary alicyclic amines) is 1. The van der Waals surface area contributed by atoms with Crippen molar-refractivity contribution in [2.24, 2.45) is 11.8 Å². The number of aromatic nitrogens is 2. The van der Waals surface area contributed by atoms with Gasteiger partial charge >= 0.3 is 12.1 Å². The molecular weight excluding hydrogens is 542 g/mol. The van der Waals surface area contributed by atoms with Gasteiger partial charge in [0.25, 0.3) is 5.69 Å². The van der Waals surface area contributed by atoms with Crippen molar-refractivity contribution < 1.29 is 34.3 Å². The van der Waals surface area contributed by atoms with E-state index >= 15 is 0 Å². The normalized spacial score (nSPS) is 26.5. The second kappa shape index (κ2) is 10.9. The Kier molecular flexibility index (Phi) is 7.55. The van der Waals surface area contributed by atoms with Gasteiger partial charge in [-0.25, -0.2) is 14.6 Å². The van der Waals surface area contributed by atoms with Crippen LogP contribution in [-0.4, -0.2) is 82.4 Å². The zero-order chi connectivity index (χ0) is 28.7. The molecule has 1 aromatic carbocycles. The Bertz CT molecular complexity index is 1350. The van der Waals surface area contributed by atoms with E-state index in [0.29, 0.717) is 30.0 Å². The third kappa shape index (κ3) is 5.04. The molecular formula is C26H29N5O8S. The minimum atomic E-state index is -1.19. The van der Waals surface area contributed by atoms with E-state index in [9.17, 15) is 34.7 Å². The number of aliphatic hydroxyl groups is 1. The lowest BCUT2D eigenvalue weighted by molar-refractivity contribution is -0.384. The summed E-state index contributed by atoms with van der Waals surface area (Å²) in [6.45, 7) is 4.10. The molecule has 14 heteroatoms. The molecule has 2 fully saturated rings. The van der Waals surface area contributed by atoms with Crippen LogP contribution in [0.1, 0.15) is 25.8 Å². The average Bonchev–Trinajstić information content (AvgIpc) is 3.61. The van der Waals surface area contributed by atoms with Crippen molar-refractivity contribution in [2.75, 3.05) is 6.54 Å². The number of non-ortho nitro benzene ring substituents is 1. The van der Waals surface area contributed by atoms with Crippen molar-refractivity contribution >= 4 is 35.4 Å². The molecule has 0 aliphatic carbocycles. The van der Waals surface area contributed by atoms with E-state index < -0.39 is 35.0 Å². The van der Waals surface area contributed by atoms with Crippen molar-refractivity contribution in [1.82, 2.24) is 19.4 Å². The van der Waals surface area contributed by atoms with Gasteiger partial charge in [0, 0.05) is 53.7 Å². The van der Waals surface area contributed by atoms with Crippen molar-refractivity contribution in [3.63, 3.8) is 0 Å². The fourth-order valence-corrected chi connectivity index (χ4v) is 7.36. The van der Waals surface area contributed by atoms with Crippen LogP contribution in [0.25, 0.3) is 0 Å². The minimum Gasteiger partial charge on any atom is -0.477 e. The highest BCUT2D eigenvalue weighted by molar-refractivity contribution is 8.03. The molecule has 0 bridgehead atoms. The molecule has 212 valence electrons. The Morgan fingerprint density at radius 2 is 2.02 bits per heavy atom. The van der Waals surface area contributed by atoms with Gasteiger partial charge in [-0.3, -0.25) is 14.9 Å². The molecule has 0 spiro atoms. The molecule has 2 saturated heterocycles. The minimum absolute atomic E-state index is 0.0465. The molecule has 2 amide bonds. The fraction of sp³-hybridized carbons (Fsp3) is 0.462. The standard InChI is InChI=1S/C26H29N5O8S/c1-14-21-20(15(2)32)24(33)30(21)22(25(34)35)23(14)40-19-9-18(10-28-8-7-27-13-28)29(11-19)26(36)39-12-16-3-5-17(6-4-16)31(37)38/h3-8,13-15,18-21,32H,9-12H2,1-2H3,(H,34,35)/t14-,15-,18+,19+,20-,21?/m1/s1. The summed E-state index contributed by atoms with van der Waals surface area (Å²) in [5, 5.41) is 30.8. The van der Waals surface area contributed by atoms with Crippen LogP contribution < -0.4 is 0 Å². The van der Waals surface area contributed by atoms with Gasteiger partial charge < -0.3 is 29.3 Å². The number of β-lactam (4-membered cyclic amide) rings is 1. The van der Waals surface area contributed by atoms with Crippen molar-refractivity contribution in [3.05, 3.63) is 69.3 Å². The number of hydrogen-bond acceptors (Lipinski definition) is 9. The lowest BCUT2D eigenvalue weighted by atomic mass is 9.79. The zero-order valence-corrected chi connectivity index (χ0v) is 22.6. The van der Waals surface area contributed by atoms with Gasteiger partial charge in [-0.15, -0.1) is 11.8 Å². The molecule has 1 aromatic heterocycles. The molecule has 1 unspecified atom stereocenters. The summed E-state index contributed by atoms with van der Waals surface area (Å²) in [7, 11) is 0. The third-order valence-corrected chi connectivity index (χ3v) is 9.20. The number of nitro groups is 1. The average molecular weight is 572 g/mol. The molecule has 0 radical (unpaired) electrons. The van der Waals surface area contributed by atoms with Gasteiger partial charge in [-0.2, -0.15) is 0 Å². The second-order valence-corrected chi connectivity index (χ2v) is 11.6. The number of nitro benzene ring substituents is 1. The Hall–Kier alpha value is -3.91.